The summed E-state index contributed by atoms with van der Waals surface area (Å²) in [7, 11) is 0. The molecule has 3 aromatic rings. The Morgan fingerprint density at radius 2 is 1.84 bits per heavy atom. The highest BCUT2D eigenvalue weighted by Gasteiger charge is 2.27. The van der Waals surface area contributed by atoms with Crippen LogP contribution in [0.15, 0.2) is 70.4 Å². The lowest BCUT2D eigenvalue weighted by atomic mass is 10.0. The van der Waals surface area contributed by atoms with Gasteiger partial charge in [-0.1, -0.05) is 23.4 Å². The maximum absolute atomic E-state index is 10.8. The molecule has 9 heteroatoms. The molecule has 2 aliphatic rings. The molecule has 2 aliphatic heterocycles. The lowest BCUT2D eigenvalue weighted by molar-refractivity contribution is -0.402. The van der Waals surface area contributed by atoms with Gasteiger partial charge in [-0.25, -0.2) is 0 Å². The van der Waals surface area contributed by atoms with Crippen LogP contribution in [0, 0.1) is 10.1 Å². The number of hydrogen-bond acceptors (Lipinski definition) is 8. The molecule has 1 saturated heterocycles. The standard InChI is InChI=1S/C23H23N5O4/c29-28(30)23-9-8-21(31-23)20-15-22(32-25-20)17-4-6-19(7-5-17)27-13-11-26(12-14-27)16-18-3-1-2-10-24-18/h1-10,22H,11-16H2. The number of oxime groups is 1. The zero-order chi connectivity index (χ0) is 21.9. The first-order valence-corrected chi connectivity index (χ1v) is 10.6. The van der Waals surface area contributed by atoms with E-state index in [4.69, 9.17) is 9.25 Å². The molecule has 2 aromatic heterocycles. The summed E-state index contributed by atoms with van der Waals surface area (Å²) in [6, 6.07) is 17.3. The van der Waals surface area contributed by atoms with Gasteiger partial charge in [0, 0.05) is 51.0 Å². The van der Waals surface area contributed by atoms with E-state index in [-0.39, 0.29) is 12.0 Å². The van der Waals surface area contributed by atoms with E-state index in [0.717, 1.165) is 44.0 Å². The van der Waals surface area contributed by atoms with Gasteiger partial charge in [-0.15, -0.1) is 0 Å². The molecule has 0 radical (unpaired) electrons. The zero-order valence-electron chi connectivity index (χ0n) is 17.5. The molecule has 1 unspecified atom stereocenters. The average molecular weight is 433 g/mol. The van der Waals surface area contributed by atoms with Gasteiger partial charge in [0.15, 0.2) is 11.9 Å². The van der Waals surface area contributed by atoms with E-state index < -0.39 is 4.92 Å². The molecule has 4 heterocycles. The van der Waals surface area contributed by atoms with Crippen molar-refractivity contribution in [3.05, 3.63) is 87.9 Å². The summed E-state index contributed by atoms with van der Waals surface area (Å²) in [5.41, 5.74) is 3.89. The normalized spacial score (nSPS) is 18.9. The monoisotopic (exact) mass is 433 g/mol. The summed E-state index contributed by atoms with van der Waals surface area (Å²) in [5, 5.41) is 14.9. The Morgan fingerprint density at radius 1 is 1.03 bits per heavy atom. The zero-order valence-corrected chi connectivity index (χ0v) is 17.5. The molecule has 0 bridgehead atoms. The minimum absolute atomic E-state index is 0.224. The third-order valence-corrected chi connectivity index (χ3v) is 5.84. The highest BCUT2D eigenvalue weighted by molar-refractivity contribution is 5.99. The minimum atomic E-state index is -0.561. The highest BCUT2D eigenvalue weighted by atomic mass is 16.7. The Labute approximate surface area is 185 Å². The number of pyridine rings is 1. The third-order valence-electron chi connectivity index (χ3n) is 5.84. The smallest absolute Gasteiger partial charge is 0.399 e. The van der Waals surface area contributed by atoms with Crippen molar-refractivity contribution in [3.8, 4) is 0 Å². The Morgan fingerprint density at radius 3 is 2.53 bits per heavy atom. The second-order valence-corrected chi connectivity index (χ2v) is 7.91. The van der Waals surface area contributed by atoms with E-state index in [1.807, 2.05) is 18.3 Å². The van der Waals surface area contributed by atoms with E-state index >= 15 is 0 Å². The predicted molar refractivity (Wildman–Crippen MR) is 119 cm³/mol. The summed E-state index contributed by atoms with van der Waals surface area (Å²) in [6.07, 6.45) is 2.13. The molecule has 0 N–H and O–H groups in total. The summed E-state index contributed by atoms with van der Waals surface area (Å²) >= 11 is 0. The topological polar surface area (TPSA) is 97.2 Å². The van der Waals surface area contributed by atoms with Crippen molar-refractivity contribution < 1.29 is 14.2 Å². The van der Waals surface area contributed by atoms with Gasteiger partial charge in [-0.3, -0.25) is 20.0 Å². The van der Waals surface area contributed by atoms with Crippen LogP contribution in [0.4, 0.5) is 11.6 Å². The van der Waals surface area contributed by atoms with Gasteiger partial charge in [0.2, 0.25) is 0 Å². The number of nitrogens with zero attached hydrogens (tertiary/aromatic N) is 5. The molecule has 0 amide bonds. The van der Waals surface area contributed by atoms with Crippen molar-refractivity contribution in [2.45, 2.75) is 19.1 Å². The second kappa shape index (κ2) is 8.80. The number of anilines is 1. The molecule has 0 saturated carbocycles. The lowest BCUT2D eigenvalue weighted by Gasteiger charge is -2.36. The molecule has 9 nitrogen and oxygen atoms in total. The van der Waals surface area contributed by atoms with Crippen LogP contribution in [0.2, 0.25) is 0 Å². The highest BCUT2D eigenvalue weighted by Crippen LogP contribution is 2.32. The van der Waals surface area contributed by atoms with Crippen LogP contribution in [0.25, 0.3) is 0 Å². The maximum Gasteiger partial charge on any atom is 0.433 e. The van der Waals surface area contributed by atoms with E-state index in [1.165, 1.54) is 11.8 Å². The Bertz CT molecular complexity index is 1100. The number of rotatable bonds is 6. The Hall–Kier alpha value is -3.72. The molecular weight excluding hydrogens is 410 g/mol. The fourth-order valence-corrected chi connectivity index (χ4v) is 4.07. The Balaban J connectivity index is 1.15. The number of hydrogen-bond donors (Lipinski definition) is 0. The first-order valence-electron chi connectivity index (χ1n) is 10.6. The summed E-state index contributed by atoms with van der Waals surface area (Å²) in [5.74, 6) is 0.0787. The summed E-state index contributed by atoms with van der Waals surface area (Å²) in [6.45, 7) is 4.81. The number of furan rings is 1. The first kappa shape index (κ1) is 20.2. The van der Waals surface area contributed by atoms with E-state index in [1.54, 1.807) is 6.07 Å². The first-order chi connectivity index (χ1) is 15.7. The van der Waals surface area contributed by atoms with Crippen molar-refractivity contribution in [1.29, 1.82) is 0 Å². The third kappa shape index (κ3) is 4.33. The van der Waals surface area contributed by atoms with Gasteiger partial charge in [0.05, 0.1) is 11.8 Å². The number of aromatic nitrogens is 1. The number of nitro groups is 1. The van der Waals surface area contributed by atoms with Crippen molar-refractivity contribution in [2.75, 3.05) is 31.1 Å². The molecule has 1 fully saturated rings. The average Bonchev–Trinajstić information content (AvgIpc) is 3.51. The fraction of sp³-hybridized carbons (Fsp3) is 0.304. The van der Waals surface area contributed by atoms with E-state index in [9.17, 15) is 10.1 Å². The molecular formula is C23H23N5O4. The lowest BCUT2D eigenvalue weighted by Crippen LogP contribution is -2.46. The SMILES string of the molecule is O=[N+]([O-])c1ccc(C2=NOC(c3ccc(N4CCN(Cc5ccccn5)CC4)cc3)C2)o1. The molecule has 1 aromatic carbocycles. The van der Waals surface area contributed by atoms with Gasteiger partial charge in [-0.2, -0.15) is 0 Å². The molecule has 5 rings (SSSR count). The summed E-state index contributed by atoms with van der Waals surface area (Å²) in [4.78, 5) is 25.0. The molecule has 164 valence electrons. The quantitative estimate of drug-likeness (QED) is 0.431. The minimum Gasteiger partial charge on any atom is -0.399 e. The van der Waals surface area contributed by atoms with Gasteiger partial charge >= 0.3 is 5.88 Å². The molecule has 0 spiro atoms. The van der Waals surface area contributed by atoms with Gasteiger partial charge in [0.25, 0.3) is 0 Å². The molecule has 32 heavy (non-hydrogen) atoms. The molecule has 0 aliphatic carbocycles. The van der Waals surface area contributed by atoms with Crippen LogP contribution in [0.3, 0.4) is 0 Å². The van der Waals surface area contributed by atoms with Crippen molar-refractivity contribution in [1.82, 2.24) is 9.88 Å². The maximum atomic E-state index is 10.8. The summed E-state index contributed by atoms with van der Waals surface area (Å²) < 4.78 is 5.23. The van der Waals surface area contributed by atoms with Crippen LogP contribution in [-0.2, 0) is 11.4 Å². The Kier molecular flexibility index (Phi) is 5.55. The van der Waals surface area contributed by atoms with Crippen LogP contribution >= 0.6 is 0 Å². The van der Waals surface area contributed by atoms with Gasteiger partial charge in [0.1, 0.15) is 10.6 Å². The predicted octanol–water partition coefficient (Wildman–Crippen LogP) is 3.77. The van der Waals surface area contributed by atoms with Crippen LogP contribution in [0.1, 0.15) is 29.5 Å². The van der Waals surface area contributed by atoms with Crippen LogP contribution < -0.4 is 4.90 Å². The van der Waals surface area contributed by atoms with Gasteiger partial charge < -0.3 is 14.2 Å². The number of piperazine rings is 1. The largest absolute Gasteiger partial charge is 0.433 e. The molecule has 1 atom stereocenters. The van der Waals surface area contributed by atoms with Crippen molar-refractivity contribution in [3.63, 3.8) is 0 Å². The van der Waals surface area contributed by atoms with E-state index in [2.05, 4.69) is 50.3 Å². The van der Waals surface area contributed by atoms with Crippen LogP contribution in [-0.4, -0.2) is 46.7 Å². The van der Waals surface area contributed by atoms with Crippen molar-refractivity contribution in [2.24, 2.45) is 5.16 Å². The van der Waals surface area contributed by atoms with Gasteiger partial charge in [-0.05, 0) is 35.9 Å². The van der Waals surface area contributed by atoms with Crippen molar-refractivity contribution >= 4 is 17.3 Å². The van der Waals surface area contributed by atoms with Crippen LogP contribution in [0.5, 0.6) is 0 Å². The second-order valence-electron chi connectivity index (χ2n) is 7.91. The van der Waals surface area contributed by atoms with E-state index in [0.29, 0.717) is 17.9 Å². The number of benzene rings is 1. The fourth-order valence-electron chi connectivity index (χ4n) is 4.07.